The lowest BCUT2D eigenvalue weighted by molar-refractivity contribution is -0.137. The van der Waals surface area contributed by atoms with Crippen molar-refractivity contribution in [3.63, 3.8) is 0 Å². The van der Waals surface area contributed by atoms with Gasteiger partial charge in [0.2, 0.25) is 5.95 Å². The number of hydrogen-bond donors (Lipinski definition) is 3. The van der Waals surface area contributed by atoms with Gasteiger partial charge in [0.1, 0.15) is 5.52 Å². The van der Waals surface area contributed by atoms with E-state index in [1.54, 1.807) is 0 Å². The molecule has 21 heavy (non-hydrogen) atoms. The Morgan fingerprint density at radius 3 is 2.90 bits per heavy atom. The third-order valence-electron chi connectivity index (χ3n) is 2.51. The first-order chi connectivity index (χ1) is 9.79. The second kappa shape index (κ2) is 5.79. The molecule has 0 saturated heterocycles. The molecule has 0 aliphatic heterocycles. The van der Waals surface area contributed by atoms with Gasteiger partial charge in [0.05, 0.1) is 12.7 Å². The van der Waals surface area contributed by atoms with Crippen LogP contribution in [0.1, 0.15) is 6.42 Å². The molecule has 0 aliphatic carbocycles. The van der Waals surface area contributed by atoms with Gasteiger partial charge in [-0.15, -0.1) is 0 Å². The Kier molecular flexibility index (Phi) is 4.25. The lowest BCUT2D eigenvalue weighted by atomic mass is 10.4. The molecule has 0 atom stereocenters. The van der Waals surface area contributed by atoms with E-state index in [0.29, 0.717) is 5.52 Å². The van der Waals surface area contributed by atoms with Crippen LogP contribution in [0.25, 0.3) is 11.2 Å². The van der Waals surface area contributed by atoms with Crippen LogP contribution in [-0.2, 0) is 15.0 Å². The van der Waals surface area contributed by atoms with Crippen molar-refractivity contribution < 1.29 is 18.3 Å². The lowest BCUT2D eigenvalue weighted by Gasteiger charge is -2.16. The maximum absolute atomic E-state index is 12.0. The van der Waals surface area contributed by atoms with Crippen LogP contribution in [-0.4, -0.2) is 57.3 Å². The predicted molar refractivity (Wildman–Crippen MR) is 74.1 cm³/mol. The van der Waals surface area contributed by atoms with Crippen LogP contribution in [0.2, 0.25) is 5.15 Å². The largest absolute Gasteiger partial charge is 0.481 e. The molecule has 2 rings (SSSR count). The SMILES string of the molecule is CN(CCC(=O)O)S(=O)(=O)Nc1nc(Cl)c2[nH]cnc2n1. The summed E-state index contributed by atoms with van der Waals surface area (Å²) in [5.41, 5.74) is 0.597. The van der Waals surface area contributed by atoms with Crippen LogP contribution in [0, 0.1) is 0 Å². The van der Waals surface area contributed by atoms with Crippen LogP contribution in [0.5, 0.6) is 0 Å². The molecule has 0 aromatic carbocycles. The first kappa shape index (κ1) is 15.4. The highest BCUT2D eigenvalue weighted by Gasteiger charge is 2.20. The summed E-state index contributed by atoms with van der Waals surface area (Å²) in [5.74, 6) is -1.35. The molecule has 0 fully saturated rings. The number of nitrogens with zero attached hydrogens (tertiary/aromatic N) is 4. The molecule has 10 nitrogen and oxygen atoms in total. The molecule has 3 N–H and O–H groups in total. The van der Waals surface area contributed by atoms with E-state index in [2.05, 4.69) is 24.7 Å². The molecule has 0 radical (unpaired) electrons. The number of carbonyl (C=O) groups is 1. The topological polar surface area (TPSA) is 141 Å². The van der Waals surface area contributed by atoms with Gasteiger partial charge in [0.15, 0.2) is 10.8 Å². The summed E-state index contributed by atoms with van der Waals surface area (Å²) in [5, 5.41) is 8.57. The smallest absolute Gasteiger partial charge is 0.304 e. The van der Waals surface area contributed by atoms with Crippen molar-refractivity contribution in [2.24, 2.45) is 0 Å². The summed E-state index contributed by atoms with van der Waals surface area (Å²) in [6.45, 7) is -0.191. The lowest BCUT2D eigenvalue weighted by Crippen LogP contribution is -2.34. The Balaban J connectivity index is 2.19. The van der Waals surface area contributed by atoms with Gasteiger partial charge in [-0.25, -0.2) is 9.71 Å². The summed E-state index contributed by atoms with van der Waals surface area (Å²) in [6, 6.07) is 0. The van der Waals surface area contributed by atoms with Crippen LogP contribution in [0.3, 0.4) is 0 Å². The summed E-state index contributed by atoms with van der Waals surface area (Å²) in [4.78, 5) is 24.7. The summed E-state index contributed by atoms with van der Waals surface area (Å²) < 4.78 is 26.9. The summed E-state index contributed by atoms with van der Waals surface area (Å²) in [7, 11) is -2.74. The van der Waals surface area contributed by atoms with Gasteiger partial charge >= 0.3 is 16.2 Å². The predicted octanol–water partition coefficient (Wildman–Crippen LogP) is 0.0695. The molecule has 114 valence electrons. The Bertz CT molecular complexity index is 776. The number of fused-ring (bicyclic) bond motifs is 1. The molecule has 0 saturated carbocycles. The molecule has 2 aromatic rings. The number of carboxylic acid groups (broad SMARTS) is 1. The van der Waals surface area contributed by atoms with E-state index in [1.807, 2.05) is 0 Å². The van der Waals surface area contributed by atoms with Crippen molar-refractivity contribution in [1.29, 1.82) is 0 Å². The fourth-order valence-electron chi connectivity index (χ4n) is 1.41. The number of nitrogens with one attached hydrogen (secondary N) is 2. The number of anilines is 1. The molecule has 2 heterocycles. The number of hydrogen-bond acceptors (Lipinski definition) is 6. The number of aromatic amines is 1. The monoisotopic (exact) mass is 334 g/mol. The molecule has 0 bridgehead atoms. The van der Waals surface area contributed by atoms with E-state index in [1.165, 1.54) is 13.4 Å². The molecular formula is C9H11ClN6O4S. The minimum atomic E-state index is -3.98. The van der Waals surface area contributed by atoms with Gasteiger partial charge in [0, 0.05) is 13.6 Å². The van der Waals surface area contributed by atoms with Gasteiger partial charge in [-0.05, 0) is 0 Å². The quantitative estimate of drug-likeness (QED) is 0.634. The number of carboxylic acids is 1. The van der Waals surface area contributed by atoms with Crippen molar-refractivity contribution in [1.82, 2.24) is 24.2 Å². The maximum Gasteiger partial charge on any atom is 0.304 e. The van der Waals surface area contributed by atoms with Gasteiger partial charge in [-0.2, -0.15) is 22.7 Å². The fraction of sp³-hybridized carbons (Fsp3) is 0.333. The second-order valence-electron chi connectivity index (χ2n) is 4.01. The Labute approximate surface area is 124 Å². The highest BCUT2D eigenvalue weighted by molar-refractivity contribution is 7.90. The van der Waals surface area contributed by atoms with Gasteiger partial charge in [-0.1, -0.05) is 11.6 Å². The van der Waals surface area contributed by atoms with Gasteiger partial charge in [0.25, 0.3) is 0 Å². The number of rotatable bonds is 6. The molecule has 0 unspecified atom stereocenters. The first-order valence-electron chi connectivity index (χ1n) is 5.62. The van der Waals surface area contributed by atoms with Crippen LogP contribution < -0.4 is 4.72 Å². The van der Waals surface area contributed by atoms with Crippen LogP contribution in [0.15, 0.2) is 6.33 Å². The second-order valence-corrected chi connectivity index (χ2v) is 6.15. The normalized spacial score (nSPS) is 12.0. The van der Waals surface area contributed by atoms with E-state index in [9.17, 15) is 13.2 Å². The Morgan fingerprint density at radius 1 is 1.52 bits per heavy atom. The minimum Gasteiger partial charge on any atom is -0.481 e. The van der Waals surface area contributed by atoms with Crippen LogP contribution >= 0.6 is 11.6 Å². The zero-order valence-electron chi connectivity index (χ0n) is 10.7. The van der Waals surface area contributed by atoms with Crippen molar-refractivity contribution >= 4 is 44.9 Å². The Morgan fingerprint density at radius 2 is 2.24 bits per heavy atom. The van der Waals surface area contributed by atoms with Crippen molar-refractivity contribution in [2.45, 2.75) is 6.42 Å². The maximum atomic E-state index is 12.0. The summed E-state index contributed by atoms with van der Waals surface area (Å²) >= 11 is 5.87. The molecule has 0 spiro atoms. The van der Waals surface area contributed by atoms with Gasteiger partial charge < -0.3 is 10.1 Å². The van der Waals surface area contributed by atoms with E-state index < -0.39 is 16.2 Å². The van der Waals surface area contributed by atoms with E-state index >= 15 is 0 Å². The number of aromatic nitrogens is 4. The van der Waals surface area contributed by atoms with Crippen molar-refractivity contribution in [3.05, 3.63) is 11.5 Å². The molecule has 0 aliphatic rings. The number of halogens is 1. The highest BCUT2D eigenvalue weighted by atomic mass is 35.5. The van der Waals surface area contributed by atoms with Crippen molar-refractivity contribution in [2.75, 3.05) is 18.3 Å². The third kappa shape index (κ3) is 3.56. The van der Waals surface area contributed by atoms with E-state index in [4.69, 9.17) is 16.7 Å². The van der Waals surface area contributed by atoms with Crippen LogP contribution in [0.4, 0.5) is 5.95 Å². The standard InChI is InChI=1S/C9H11ClN6O4S/c1-16(3-2-5(17)18)21(19,20)15-9-13-7(10)6-8(14-9)12-4-11-6/h4H,2-3H2,1H3,(H,17,18)(H2,11,12,13,14,15). The van der Waals surface area contributed by atoms with Crippen molar-refractivity contribution in [3.8, 4) is 0 Å². The number of H-pyrrole nitrogens is 1. The summed E-state index contributed by atoms with van der Waals surface area (Å²) in [6.07, 6.45) is 1.03. The fourth-order valence-corrected chi connectivity index (χ4v) is 2.44. The molecule has 2 aromatic heterocycles. The van der Waals surface area contributed by atoms with Gasteiger partial charge in [-0.3, -0.25) is 4.79 Å². The average Bonchev–Trinajstić information content (AvgIpc) is 2.83. The average molecular weight is 335 g/mol. The molecule has 0 amide bonds. The minimum absolute atomic E-state index is 0.0170. The molecular weight excluding hydrogens is 324 g/mol. The Hall–Kier alpha value is -1.98. The number of imidazole rings is 1. The number of aliphatic carboxylic acids is 1. The van der Waals surface area contributed by atoms with E-state index in [-0.39, 0.29) is 29.7 Å². The zero-order chi connectivity index (χ0) is 15.6. The zero-order valence-corrected chi connectivity index (χ0v) is 12.3. The third-order valence-corrected chi connectivity index (χ3v) is 4.23. The van der Waals surface area contributed by atoms with E-state index in [0.717, 1.165) is 4.31 Å². The first-order valence-corrected chi connectivity index (χ1v) is 7.44. The highest BCUT2D eigenvalue weighted by Crippen LogP contribution is 2.19. The molecule has 12 heteroatoms.